The molecule has 2 N–H and O–H groups in total. The number of para-hydroxylation sites is 1. The Hall–Kier alpha value is -3.46. The summed E-state index contributed by atoms with van der Waals surface area (Å²) in [6, 6.07) is 15.1. The number of carbonyl (C=O) groups excluding carboxylic acids is 1. The molecule has 8 nitrogen and oxygen atoms in total. The predicted octanol–water partition coefficient (Wildman–Crippen LogP) is 4.00. The van der Waals surface area contributed by atoms with Crippen molar-refractivity contribution in [2.75, 3.05) is 10.0 Å². The smallest absolute Gasteiger partial charge is 0.265 e. The van der Waals surface area contributed by atoms with Crippen LogP contribution in [0.4, 0.5) is 11.6 Å². The number of nitrogens with zero attached hydrogens (tertiary/aromatic N) is 2. The lowest BCUT2D eigenvalue weighted by molar-refractivity contribution is -0.122. The summed E-state index contributed by atoms with van der Waals surface area (Å²) in [5.74, 6) is 0.350. The van der Waals surface area contributed by atoms with Gasteiger partial charge >= 0.3 is 0 Å². The highest BCUT2D eigenvalue weighted by atomic mass is 32.2. The van der Waals surface area contributed by atoms with Gasteiger partial charge < -0.3 is 10.1 Å². The molecule has 168 valence electrons. The summed E-state index contributed by atoms with van der Waals surface area (Å²) >= 11 is 0. The fourth-order valence-corrected chi connectivity index (χ4v) is 4.00. The summed E-state index contributed by atoms with van der Waals surface area (Å²) in [6.07, 6.45) is -0.199. The van der Waals surface area contributed by atoms with Crippen molar-refractivity contribution >= 4 is 27.6 Å². The maximum absolute atomic E-state index is 12.7. The lowest BCUT2D eigenvalue weighted by atomic mass is 10.2. The summed E-state index contributed by atoms with van der Waals surface area (Å²) in [6.45, 7) is 7.29. The number of benzene rings is 2. The molecule has 0 radical (unpaired) electrons. The van der Waals surface area contributed by atoms with Crippen molar-refractivity contribution in [2.45, 2.75) is 45.1 Å². The Morgan fingerprint density at radius 2 is 1.62 bits per heavy atom. The highest BCUT2D eigenvalue weighted by Gasteiger charge is 2.20. The van der Waals surface area contributed by atoms with Gasteiger partial charge in [-0.1, -0.05) is 25.1 Å². The minimum atomic E-state index is -3.87. The molecule has 2 aromatic carbocycles. The molecule has 0 unspecified atom stereocenters. The number of sulfonamides is 1. The van der Waals surface area contributed by atoms with Crippen molar-refractivity contribution in [1.82, 2.24) is 9.97 Å². The van der Waals surface area contributed by atoms with E-state index in [0.717, 1.165) is 5.56 Å². The summed E-state index contributed by atoms with van der Waals surface area (Å²) in [4.78, 5) is 20.9. The number of carbonyl (C=O) groups is 1. The second kappa shape index (κ2) is 9.78. The fourth-order valence-electron chi connectivity index (χ4n) is 3.06. The number of aromatic nitrogens is 2. The monoisotopic (exact) mass is 454 g/mol. The van der Waals surface area contributed by atoms with E-state index < -0.39 is 16.1 Å². The number of hydrogen-bond acceptors (Lipinski definition) is 6. The molecule has 3 aromatic rings. The van der Waals surface area contributed by atoms with Gasteiger partial charge in [0, 0.05) is 17.1 Å². The fraction of sp³-hybridized carbons (Fsp3) is 0.261. The quantitative estimate of drug-likeness (QED) is 0.532. The topological polar surface area (TPSA) is 110 Å². The van der Waals surface area contributed by atoms with Crippen LogP contribution in [-0.4, -0.2) is 30.4 Å². The molecule has 1 heterocycles. The van der Waals surface area contributed by atoms with E-state index in [1.807, 2.05) is 38.1 Å². The molecule has 0 aliphatic rings. The van der Waals surface area contributed by atoms with Crippen LogP contribution in [0, 0.1) is 20.8 Å². The molecule has 0 aliphatic carbocycles. The second-order valence-corrected chi connectivity index (χ2v) is 9.06. The number of anilines is 2. The Bertz CT molecular complexity index is 1190. The number of nitrogens with one attached hydrogen (secondary N) is 2. The Morgan fingerprint density at radius 3 is 2.22 bits per heavy atom. The van der Waals surface area contributed by atoms with E-state index in [4.69, 9.17) is 4.74 Å². The van der Waals surface area contributed by atoms with Crippen molar-refractivity contribution in [3.05, 3.63) is 71.5 Å². The summed E-state index contributed by atoms with van der Waals surface area (Å²) < 4.78 is 33.5. The first-order valence-electron chi connectivity index (χ1n) is 10.2. The maximum atomic E-state index is 12.7. The Kier molecular flexibility index (Phi) is 7.09. The molecular weight excluding hydrogens is 428 g/mol. The highest BCUT2D eigenvalue weighted by molar-refractivity contribution is 7.92. The molecule has 0 saturated heterocycles. The first-order chi connectivity index (χ1) is 15.2. The van der Waals surface area contributed by atoms with Crippen LogP contribution in [0.15, 0.2) is 59.5 Å². The van der Waals surface area contributed by atoms with E-state index in [-0.39, 0.29) is 16.8 Å². The molecule has 1 amide bonds. The lowest BCUT2D eigenvalue weighted by Crippen LogP contribution is -2.32. The van der Waals surface area contributed by atoms with Crippen LogP contribution in [0.1, 0.15) is 30.3 Å². The molecule has 0 aliphatic heterocycles. The Morgan fingerprint density at radius 1 is 1.00 bits per heavy atom. The molecule has 0 spiro atoms. The Balaban J connectivity index is 1.69. The third kappa shape index (κ3) is 5.82. The van der Waals surface area contributed by atoms with Crippen molar-refractivity contribution in [3.63, 3.8) is 0 Å². The van der Waals surface area contributed by atoms with Gasteiger partial charge in [0.25, 0.3) is 15.9 Å². The summed E-state index contributed by atoms with van der Waals surface area (Å²) in [5, 5.41) is 2.77. The third-order valence-electron chi connectivity index (χ3n) is 4.67. The van der Waals surface area contributed by atoms with Crippen LogP contribution in [0.5, 0.6) is 5.75 Å². The third-order valence-corrected chi connectivity index (χ3v) is 6.01. The molecular formula is C23H26N4O4S. The Labute approximate surface area is 188 Å². The predicted molar refractivity (Wildman–Crippen MR) is 123 cm³/mol. The van der Waals surface area contributed by atoms with Crippen molar-refractivity contribution in [1.29, 1.82) is 0 Å². The van der Waals surface area contributed by atoms with Gasteiger partial charge in [-0.25, -0.2) is 23.1 Å². The van der Waals surface area contributed by atoms with Crippen molar-refractivity contribution < 1.29 is 17.9 Å². The zero-order valence-corrected chi connectivity index (χ0v) is 19.2. The standard InChI is InChI=1S/C23H26N4O4S/c1-5-20(31-21-9-7-6-8-15(21)2)22(28)26-18-10-12-19(13-11-18)32(29,30)27-23-24-16(3)14-17(4)25-23/h6-14,20H,5H2,1-4H3,(H,26,28)(H,24,25,27)/t20-/m0/s1. The number of aryl methyl sites for hydroxylation is 3. The van der Waals surface area contributed by atoms with Gasteiger partial charge in [-0.3, -0.25) is 4.79 Å². The summed E-state index contributed by atoms with van der Waals surface area (Å²) in [5.41, 5.74) is 2.72. The minimum Gasteiger partial charge on any atom is -0.480 e. The van der Waals surface area contributed by atoms with E-state index in [0.29, 0.717) is 29.2 Å². The highest BCUT2D eigenvalue weighted by Crippen LogP contribution is 2.21. The molecule has 1 atom stereocenters. The molecule has 0 bridgehead atoms. The van der Waals surface area contributed by atoms with Crippen LogP contribution >= 0.6 is 0 Å². The molecule has 0 fully saturated rings. The normalized spacial score (nSPS) is 12.1. The summed E-state index contributed by atoms with van der Waals surface area (Å²) in [7, 11) is -3.87. The number of ether oxygens (including phenoxy) is 1. The van der Waals surface area contributed by atoms with Crippen LogP contribution < -0.4 is 14.8 Å². The minimum absolute atomic E-state index is 0.0130. The van der Waals surface area contributed by atoms with Gasteiger partial charge in [0.2, 0.25) is 5.95 Å². The zero-order valence-electron chi connectivity index (χ0n) is 18.4. The second-order valence-electron chi connectivity index (χ2n) is 7.37. The first kappa shape index (κ1) is 23.2. The largest absolute Gasteiger partial charge is 0.480 e. The molecule has 9 heteroatoms. The van der Waals surface area contributed by atoms with E-state index in [2.05, 4.69) is 20.0 Å². The van der Waals surface area contributed by atoms with Crippen LogP contribution in [-0.2, 0) is 14.8 Å². The van der Waals surface area contributed by atoms with Crippen molar-refractivity contribution in [2.24, 2.45) is 0 Å². The van der Waals surface area contributed by atoms with Gasteiger partial charge in [-0.05, 0) is 69.2 Å². The lowest BCUT2D eigenvalue weighted by Gasteiger charge is -2.18. The molecule has 1 aromatic heterocycles. The number of amides is 1. The maximum Gasteiger partial charge on any atom is 0.265 e. The zero-order chi connectivity index (χ0) is 23.3. The molecule has 32 heavy (non-hydrogen) atoms. The van der Waals surface area contributed by atoms with Gasteiger partial charge in [0.1, 0.15) is 5.75 Å². The van der Waals surface area contributed by atoms with Gasteiger partial charge in [-0.15, -0.1) is 0 Å². The SMILES string of the molecule is CC[C@H](Oc1ccccc1C)C(=O)Nc1ccc(S(=O)(=O)Nc2nc(C)cc(C)n2)cc1. The van der Waals surface area contributed by atoms with Gasteiger partial charge in [0.15, 0.2) is 6.10 Å². The average molecular weight is 455 g/mol. The van der Waals surface area contributed by atoms with Crippen LogP contribution in [0.3, 0.4) is 0 Å². The first-order valence-corrected chi connectivity index (χ1v) is 11.6. The number of rotatable bonds is 8. The van der Waals surface area contributed by atoms with E-state index in [1.165, 1.54) is 24.3 Å². The van der Waals surface area contributed by atoms with Crippen LogP contribution in [0.25, 0.3) is 0 Å². The van der Waals surface area contributed by atoms with Crippen molar-refractivity contribution in [3.8, 4) is 5.75 Å². The number of hydrogen-bond donors (Lipinski definition) is 2. The van der Waals surface area contributed by atoms with E-state index >= 15 is 0 Å². The molecule has 0 saturated carbocycles. The van der Waals surface area contributed by atoms with Gasteiger partial charge in [-0.2, -0.15) is 0 Å². The van der Waals surface area contributed by atoms with Gasteiger partial charge in [0.05, 0.1) is 4.90 Å². The van der Waals surface area contributed by atoms with E-state index in [1.54, 1.807) is 19.9 Å². The molecule has 3 rings (SSSR count). The van der Waals surface area contributed by atoms with Crippen LogP contribution in [0.2, 0.25) is 0 Å². The average Bonchev–Trinajstić information content (AvgIpc) is 2.72. The van der Waals surface area contributed by atoms with E-state index in [9.17, 15) is 13.2 Å².